The van der Waals surface area contributed by atoms with Crippen LogP contribution in [0.15, 0.2) is 15.9 Å². The molecule has 1 rings (SSSR count). The normalized spacial score (nSPS) is 13.1. The van der Waals surface area contributed by atoms with Crippen LogP contribution in [0.3, 0.4) is 0 Å². The summed E-state index contributed by atoms with van der Waals surface area (Å²) in [5.74, 6) is -1.08. The van der Waals surface area contributed by atoms with Crippen LogP contribution >= 0.6 is 27.3 Å². The molecule has 0 aliphatic heterocycles. The SMILES string of the molecule is CC(C)N(C(=O)OC(C)(C)C)C(C(=O)O)c1ccc(Br)s1. The molecule has 1 unspecified atom stereocenters. The van der Waals surface area contributed by atoms with E-state index in [0.29, 0.717) is 4.88 Å². The van der Waals surface area contributed by atoms with Crippen molar-refractivity contribution in [2.24, 2.45) is 0 Å². The van der Waals surface area contributed by atoms with Gasteiger partial charge >= 0.3 is 12.1 Å². The Morgan fingerprint density at radius 2 is 1.90 bits per heavy atom. The summed E-state index contributed by atoms with van der Waals surface area (Å²) in [6.07, 6.45) is -0.630. The lowest BCUT2D eigenvalue weighted by Gasteiger charge is -2.33. The van der Waals surface area contributed by atoms with E-state index >= 15 is 0 Å². The summed E-state index contributed by atoms with van der Waals surface area (Å²) in [4.78, 5) is 25.9. The molecule has 118 valence electrons. The number of amides is 1. The van der Waals surface area contributed by atoms with Gasteiger partial charge in [-0.15, -0.1) is 11.3 Å². The van der Waals surface area contributed by atoms with Crippen molar-refractivity contribution in [1.29, 1.82) is 0 Å². The number of hydrogen-bond acceptors (Lipinski definition) is 4. The molecule has 0 spiro atoms. The number of thiophene rings is 1. The molecule has 0 bridgehead atoms. The highest BCUT2D eigenvalue weighted by atomic mass is 79.9. The molecule has 1 atom stereocenters. The fraction of sp³-hybridized carbons (Fsp3) is 0.571. The van der Waals surface area contributed by atoms with Gasteiger partial charge in [-0.3, -0.25) is 4.90 Å². The first kappa shape index (κ1) is 18.0. The Morgan fingerprint density at radius 1 is 1.33 bits per heavy atom. The van der Waals surface area contributed by atoms with Crippen molar-refractivity contribution in [3.8, 4) is 0 Å². The third-order valence-corrected chi connectivity index (χ3v) is 4.21. The molecule has 1 amide bonds. The lowest BCUT2D eigenvalue weighted by Crippen LogP contribution is -2.45. The molecule has 0 saturated carbocycles. The van der Waals surface area contributed by atoms with Gasteiger partial charge in [0.05, 0.1) is 3.79 Å². The van der Waals surface area contributed by atoms with Crippen LogP contribution in [0.25, 0.3) is 0 Å². The molecular formula is C14H20BrNO4S. The minimum atomic E-state index is -1.08. The maximum atomic E-state index is 12.4. The van der Waals surface area contributed by atoms with Gasteiger partial charge in [-0.2, -0.15) is 0 Å². The topological polar surface area (TPSA) is 66.8 Å². The smallest absolute Gasteiger partial charge is 0.411 e. The number of rotatable bonds is 4. The summed E-state index contributed by atoms with van der Waals surface area (Å²) in [6.45, 7) is 8.79. The highest BCUT2D eigenvalue weighted by molar-refractivity contribution is 9.11. The molecule has 7 heteroatoms. The Kier molecular flexibility index (Phi) is 5.81. The molecule has 0 saturated heterocycles. The number of ether oxygens (including phenoxy) is 1. The van der Waals surface area contributed by atoms with Gasteiger partial charge in [-0.05, 0) is 62.7 Å². The standard InChI is InChI=1S/C14H20BrNO4S/c1-8(2)16(13(19)20-14(3,4)5)11(12(17)18)9-6-7-10(15)21-9/h6-8,11H,1-5H3,(H,17,18). The minimum Gasteiger partial charge on any atom is -0.479 e. The lowest BCUT2D eigenvalue weighted by atomic mass is 10.1. The van der Waals surface area contributed by atoms with Crippen LogP contribution in [0.5, 0.6) is 0 Å². The highest BCUT2D eigenvalue weighted by Gasteiger charge is 2.36. The average Bonchev–Trinajstić information content (AvgIpc) is 2.68. The largest absolute Gasteiger partial charge is 0.479 e. The Balaban J connectivity index is 3.16. The Morgan fingerprint density at radius 3 is 2.24 bits per heavy atom. The van der Waals surface area contributed by atoms with Gasteiger partial charge in [0, 0.05) is 10.9 Å². The Hall–Kier alpha value is -1.08. The number of halogens is 1. The van der Waals surface area contributed by atoms with Crippen molar-refractivity contribution >= 4 is 39.3 Å². The molecule has 0 aliphatic carbocycles. The monoisotopic (exact) mass is 377 g/mol. The van der Waals surface area contributed by atoms with Gasteiger partial charge in [-0.25, -0.2) is 9.59 Å². The lowest BCUT2D eigenvalue weighted by molar-refractivity contribution is -0.144. The molecule has 1 aromatic heterocycles. The number of carbonyl (C=O) groups is 2. The van der Waals surface area contributed by atoms with Crippen LogP contribution in [0, 0.1) is 0 Å². The van der Waals surface area contributed by atoms with Crippen molar-refractivity contribution in [2.75, 3.05) is 0 Å². The van der Waals surface area contributed by atoms with Gasteiger partial charge in [0.2, 0.25) is 0 Å². The van der Waals surface area contributed by atoms with Crippen LogP contribution in [0.2, 0.25) is 0 Å². The van der Waals surface area contributed by atoms with Crippen molar-refractivity contribution in [3.05, 3.63) is 20.8 Å². The number of carboxylic acid groups (broad SMARTS) is 1. The molecule has 0 aromatic carbocycles. The zero-order chi connectivity index (χ0) is 16.4. The second-order valence-corrected chi connectivity index (χ2v) is 8.36. The number of aliphatic carboxylic acids is 1. The molecule has 1 aromatic rings. The molecule has 0 radical (unpaired) electrons. The fourth-order valence-electron chi connectivity index (χ4n) is 1.78. The van der Waals surface area contributed by atoms with E-state index in [4.69, 9.17) is 4.74 Å². The third-order valence-electron chi connectivity index (χ3n) is 2.54. The van der Waals surface area contributed by atoms with E-state index in [1.807, 2.05) is 0 Å². The van der Waals surface area contributed by atoms with E-state index in [1.165, 1.54) is 16.2 Å². The first-order valence-electron chi connectivity index (χ1n) is 6.52. The summed E-state index contributed by atoms with van der Waals surface area (Å²) in [5, 5.41) is 9.54. The number of carbonyl (C=O) groups excluding carboxylic acids is 1. The van der Waals surface area contributed by atoms with E-state index in [9.17, 15) is 14.7 Å². The number of nitrogens with zero attached hydrogens (tertiary/aromatic N) is 1. The fourth-order valence-corrected chi connectivity index (χ4v) is 3.30. The van der Waals surface area contributed by atoms with E-state index < -0.39 is 23.7 Å². The molecule has 21 heavy (non-hydrogen) atoms. The average molecular weight is 378 g/mol. The zero-order valence-corrected chi connectivity index (χ0v) is 15.1. The molecule has 1 N–H and O–H groups in total. The highest BCUT2D eigenvalue weighted by Crippen LogP contribution is 2.33. The van der Waals surface area contributed by atoms with Crippen molar-refractivity contribution < 1.29 is 19.4 Å². The predicted octanol–water partition coefficient (Wildman–Crippen LogP) is 4.28. The quantitative estimate of drug-likeness (QED) is 0.849. The maximum absolute atomic E-state index is 12.4. The number of carboxylic acids is 1. The molecule has 0 aliphatic rings. The second-order valence-electron chi connectivity index (χ2n) is 5.86. The Labute approximate surface area is 137 Å². The maximum Gasteiger partial charge on any atom is 0.411 e. The second kappa shape index (κ2) is 6.79. The molecule has 0 fully saturated rings. The van der Waals surface area contributed by atoms with E-state index in [-0.39, 0.29) is 6.04 Å². The van der Waals surface area contributed by atoms with Crippen LogP contribution in [-0.2, 0) is 9.53 Å². The predicted molar refractivity (Wildman–Crippen MR) is 85.6 cm³/mol. The van der Waals surface area contributed by atoms with E-state index in [1.54, 1.807) is 46.8 Å². The van der Waals surface area contributed by atoms with Crippen molar-refractivity contribution in [2.45, 2.75) is 52.3 Å². The minimum absolute atomic E-state index is 0.304. The Bertz CT molecular complexity index is 521. The first-order valence-corrected chi connectivity index (χ1v) is 8.13. The van der Waals surface area contributed by atoms with Crippen LogP contribution in [0.4, 0.5) is 4.79 Å². The number of hydrogen-bond donors (Lipinski definition) is 1. The summed E-state index contributed by atoms with van der Waals surface area (Å²) in [7, 11) is 0. The zero-order valence-electron chi connectivity index (χ0n) is 12.7. The van der Waals surface area contributed by atoms with Crippen molar-refractivity contribution in [1.82, 2.24) is 4.90 Å². The van der Waals surface area contributed by atoms with Crippen molar-refractivity contribution in [3.63, 3.8) is 0 Å². The van der Waals surface area contributed by atoms with E-state index in [0.717, 1.165) is 3.79 Å². The molecule has 1 heterocycles. The molecule has 5 nitrogen and oxygen atoms in total. The van der Waals surface area contributed by atoms with Gasteiger partial charge < -0.3 is 9.84 Å². The first-order chi connectivity index (χ1) is 9.53. The summed E-state index contributed by atoms with van der Waals surface area (Å²) in [5.41, 5.74) is -0.677. The van der Waals surface area contributed by atoms with E-state index in [2.05, 4.69) is 15.9 Å². The van der Waals surface area contributed by atoms with Crippen LogP contribution < -0.4 is 0 Å². The third kappa shape index (κ3) is 5.00. The van der Waals surface area contributed by atoms with Gasteiger partial charge in [0.1, 0.15) is 5.60 Å². The van der Waals surface area contributed by atoms with Gasteiger partial charge in [0.15, 0.2) is 6.04 Å². The van der Waals surface area contributed by atoms with Gasteiger partial charge in [-0.1, -0.05) is 0 Å². The molecular weight excluding hydrogens is 358 g/mol. The summed E-state index contributed by atoms with van der Waals surface area (Å²) >= 11 is 4.60. The van der Waals surface area contributed by atoms with Crippen LogP contribution in [0.1, 0.15) is 45.5 Å². The summed E-state index contributed by atoms with van der Waals surface area (Å²) < 4.78 is 6.15. The summed E-state index contributed by atoms with van der Waals surface area (Å²) in [6, 6.07) is 2.11. The van der Waals surface area contributed by atoms with Gasteiger partial charge in [0.25, 0.3) is 0 Å². The van der Waals surface area contributed by atoms with Crippen LogP contribution in [-0.4, -0.2) is 33.7 Å².